The maximum atomic E-state index is 6.41. The molecular formula is C18H24ClN3O2. The van der Waals surface area contributed by atoms with E-state index in [0.717, 1.165) is 24.5 Å². The molecule has 0 fully saturated rings. The van der Waals surface area contributed by atoms with E-state index < -0.39 is 0 Å². The first-order valence-corrected chi connectivity index (χ1v) is 8.25. The van der Waals surface area contributed by atoms with E-state index in [1.165, 1.54) is 0 Å². The number of ether oxygens (including phenoxy) is 2. The first-order chi connectivity index (χ1) is 11.6. The van der Waals surface area contributed by atoms with E-state index in [-0.39, 0.29) is 0 Å². The van der Waals surface area contributed by atoms with Gasteiger partial charge in [0.05, 0.1) is 13.7 Å². The van der Waals surface area contributed by atoms with Gasteiger partial charge in [-0.05, 0) is 25.6 Å². The smallest absolute Gasteiger partial charge is 0.163 e. The van der Waals surface area contributed by atoms with Crippen molar-refractivity contribution in [3.05, 3.63) is 53.6 Å². The number of benzene rings is 1. The van der Waals surface area contributed by atoms with Gasteiger partial charge in [-0.15, -0.1) is 0 Å². The van der Waals surface area contributed by atoms with Crippen LogP contribution in [0.4, 0.5) is 0 Å². The van der Waals surface area contributed by atoms with Crippen molar-refractivity contribution in [2.45, 2.75) is 26.6 Å². The van der Waals surface area contributed by atoms with Gasteiger partial charge in [0, 0.05) is 36.6 Å². The molecule has 2 rings (SSSR count). The molecule has 24 heavy (non-hydrogen) atoms. The zero-order chi connectivity index (χ0) is 17.5. The van der Waals surface area contributed by atoms with Gasteiger partial charge in [-0.3, -0.25) is 4.90 Å². The lowest BCUT2D eigenvalue weighted by molar-refractivity contribution is 0.302. The monoisotopic (exact) mass is 349 g/mol. The van der Waals surface area contributed by atoms with Crippen LogP contribution in [0.5, 0.6) is 11.5 Å². The normalized spacial score (nSPS) is 10.9. The molecule has 0 aliphatic carbocycles. The summed E-state index contributed by atoms with van der Waals surface area (Å²) < 4.78 is 13.1. The number of nitrogens with zero attached hydrogens (tertiary/aromatic N) is 3. The minimum atomic E-state index is 0.408. The van der Waals surface area contributed by atoms with E-state index in [2.05, 4.69) is 28.0 Å². The lowest BCUT2D eigenvalue weighted by Gasteiger charge is -2.19. The lowest BCUT2D eigenvalue weighted by Crippen LogP contribution is -2.20. The molecule has 0 saturated heterocycles. The maximum absolute atomic E-state index is 6.41. The Bertz CT molecular complexity index is 685. The predicted molar refractivity (Wildman–Crippen MR) is 96.8 cm³/mol. The summed E-state index contributed by atoms with van der Waals surface area (Å²) in [4.78, 5) is 6.57. The predicted octanol–water partition coefficient (Wildman–Crippen LogP) is 3.76. The minimum Gasteiger partial charge on any atom is -0.493 e. The number of methoxy groups -OCH3 is 1. The summed E-state index contributed by atoms with van der Waals surface area (Å²) in [6, 6.07) is 3.71. The third kappa shape index (κ3) is 4.52. The Balaban J connectivity index is 2.12. The summed E-state index contributed by atoms with van der Waals surface area (Å²) >= 11 is 6.41. The molecular weight excluding hydrogens is 326 g/mol. The number of hydrogen-bond acceptors (Lipinski definition) is 4. The van der Waals surface area contributed by atoms with Crippen molar-refractivity contribution < 1.29 is 9.47 Å². The molecule has 0 bridgehead atoms. The number of halogens is 1. The highest BCUT2D eigenvalue weighted by Gasteiger charge is 2.13. The van der Waals surface area contributed by atoms with Crippen molar-refractivity contribution in [2.75, 3.05) is 20.8 Å². The fraction of sp³-hybridized carbons (Fsp3) is 0.389. The molecule has 130 valence electrons. The van der Waals surface area contributed by atoms with Crippen LogP contribution in [-0.2, 0) is 19.6 Å². The van der Waals surface area contributed by atoms with Crippen molar-refractivity contribution in [1.29, 1.82) is 0 Å². The van der Waals surface area contributed by atoms with E-state index in [1.807, 2.05) is 25.5 Å². The fourth-order valence-corrected chi connectivity index (χ4v) is 2.70. The molecule has 1 heterocycles. The molecule has 1 aromatic carbocycles. The highest BCUT2D eigenvalue weighted by Crippen LogP contribution is 2.34. The summed E-state index contributed by atoms with van der Waals surface area (Å²) in [7, 11) is 3.66. The fourth-order valence-electron chi connectivity index (χ4n) is 2.49. The standard InChI is InChI=1S/C18H24ClN3O2/c1-5-9-24-17-11-15(19)14(10-16(17)23-4)12-21(3)13-18-20-7-8-22(18)6-2/h5,7-8,10-11H,1,6,9,12-13H2,2-4H3. The number of aryl methyl sites for hydroxylation is 1. The second-order valence-corrected chi connectivity index (χ2v) is 5.90. The van der Waals surface area contributed by atoms with Crippen LogP contribution in [0.1, 0.15) is 18.3 Å². The number of rotatable bonds is 9. The first kappa shape index (κ1) is 18.4. The van der Waals surface area contributed by atoms with Gasteiger partial charge in [0.2, 0.25) is 0 Å². The van der Waals surface area contributed by atoms with Gasteiger partial charge < -0.3 is 14.0 Å². The van der Waals surface area contributed by atoms with Crippen LogP contribution in [0.15, 0.2) is 37.2 Å². The SMILES string of the molecule is C=CCOc1cc(Cl)c(CN(C)Cc2nccn2CC)cc1OC. The van der Waals surface area contributed by atoms with E-state index >= 15 is 0 Å². The third-order valence-electron chi connectivity index (χ3n) is 3.68. The zero-order valence-electron chi connectivity index (χ0n) is 14.5. The largest absolute Gasteiger partial charge is 0.493 e. The van der Waals surface area contributed by atoms with Crippen molar-refractivity contribution in [1.82, 2.24) is 14.5 Å². The summed E-state index contributed by atoms with van der Waals surface area (Å²) in [5.41, 5.74) is 0.983. The summed E-state index contributed by atoms with van der Waals surface area (Å²) in [5, 5.41) is 0.653. The first-order valence-electron chi connectivity index (χ1n) is 7.87. The van der Waals surface area contributed by atoms with E-state index in [1.54, 1.807) is 19.3 Å². The van der Waals surface area contributed by atoms with Crippen LogP contribution in [0.25, 0.3) is 0 Å². The van der Waals surface area contributed by atoms with Crippen LogP contribution >= 0.6 is 11.6 Å². The Kier molecular flexibility index (Phi) is 6.70. The molecule has 0 N–H and O–H groups in total. The van der Waals surface area contributed by atoms with E-state index in [4.69, 9.17) is 21.1 Å². The number of aromatic nitrogens is 2. The van der Waals surface area contributed by atoms with Crippen molar-refractivity contribution in [3.8, 4) is 11.5 Å². The van der Waals surface area contributed by atoms with Crippen LogP contribution in [-0.4, -0.2) is 35.2 Å². The molecule has 0 amide bonds. The van der Waals surface area contributed by atoms with Crippen molar-refractivity contribution >= 4 is 11.6 Å². The maximum Gasteiger partial charge on any atom is 0.163 e. The molecule has 2 aromatic rings. The van der Waals surface area contributed by atoms with Crippen molar-refractivity contribution in [2.24, 2.45) is 0 Å². The Labute approximate surface area is 148 Å². The van der Waals surface area contributed by atoms with Gasteiger partial charge in [-0.1, -0.05) is 24.3 Å². The molecule has 0 aliphatic heterocycles. The van der Waals surface area contributed by atoms with Crippen LogP contribution in [0.2, 0.25) is 5.02 Å². The summed E-state index contributed by atoms with van der Waals surface area (Å²) in [6.07, 6.45) is 5.50. The average Bonchev–Trinajstić information content (AvgIpc) is 3.01. The van der Waals surface area contributed by atoms with Crippen LogP contribution < -0.4 is 9.47 Å². The zero-order valence-corrected chi connectivity index (χ0v) is 15.2. The molecule has 1 aromatic heterocycles. The molecule has 0 atom stereocenters. The molecule has 0 radical (unpaired) electrons. The molecule has 0 saturated carbocycles. The molecule has 6 heteroatoms. The number of hydrogen-bond donors (Lipinski definition) is 0. The molecule has 0 aliphatic rings. The molecule has 5 nitrogen and oxygen atoms in total. The quantitative estimate of drug-likeness (QED) is 0.646. The number of imidazole rings is 1. The third-order valence-corrected chi connectivity index (χ3v) is 4.04. The Hall–Kier alpha value is -1.98. The lowest BCUT2D eigenvalue weighted by atomic mass is 10.2. The Morgan fingerprint density at radius 1 is 1.33 bits per heavy atom. The molecule has 0 unspecified atom stereocenters. The average molecular weight is 350 g/mol. The van der Waals surface area contributed by atoms with Crippen LogP contribution in [0, 0.1) is 0 Å². The van der Waals surface area contributed by atoms with Crippen molar-refractivity contribution in [3.63, 3.8) is 0 Å². The minimum absolute atomic E-state index is 0.408. The topological polar surface area (TPSA) is 39.5 Å². The second-order valence-electron chi connectivity index (χ2n) is 5.50. The second kappa shape index (κ2) is 8.76. The highest BCUT2D eigenvalue weighted by molar-refractivity contribution is 6.31. The molecule has 0 spiro atoms. The van der Waals surface area contributed by atoms with Gasteiger partial charge in [-0.2, -0.15) is 0 Å². The Morgan fingerprint density at radius 2 is 2.12 bits per heavy atom. The van der Waals surface area contributed by atoms with Gasteiger partial charge in [0.1, 0.15) is 12.4 Å². The van der Waals surface area contributed by atoms with E-state index in [0.29, 0.717) is 29.7 Å². The van der Waals surface area contributed by atoms with Gasteiger partial charge >= 0.3 is 0 Å². The summed E-state index contributed by atoms with van der Waals surface area (Å²) in [6.45, 7) is 8.50. The van der Waals surface area contributed by atoms with E-state index in [9.17, 15) is 0 Å². The van der Waals surface area contributed by atoms with Gasteiger partial charge in [0.25, 0.3) is 0 Å². The Morgan fingerprint density at radius 3 is 2.79 bits per heavy atom. The van der Waals surface area contributed by atoms with Crippen LogP contribution in [0.3, 0.4) is 0 Å². The van der Waals surface area contributed by atoms with Gasteiger partial charge in [0.15, 0.2) is 11.5 Å². The summed E-state index contributed by atoms with van der Waals surface area (Å²) in [5.74, 6) is 2.32. The van der Waals surface area contributed by atoms with Gasteiger partial charge in [-0.25, -0.2) is 4.98 Å². The highest BCUT2D eigenvalue weighted by atomic mass is 35.5.